The number of nitrogens with one attached hydrogen (secondary N) is 1. The average Bonchev–Trinajstić information content (AvgIpc) is 2.75. The van der Waals surface area contributed by atoms with Crippen molar-refractivity contribution in [3.05, 3.63) is 66.4 Å². The van der Waals surface area contributed by atoms with Gasteiger partial charge in [-0.3, -0.25) is 4.79 Å². The summed E-state index contributed by atoms with van der Waals surface area (Å²) in [4.78, 5) is 14.4. The monoisotopic (exact) mass is 378 g/mol. The van der Waals surface area contributed by atoms with E-state index in [4.69, 9.17) is 9.47 Å². The number of para-hydroxylation sites is 1. The Balaban J connectivity index is 1.75. The Hall–Kier alpha value is -3.61. The third-order valence-electron chi connectivity index (χ3n) is 4.17. The zero-order valence-electron chi connectivity index (χ0n) is 16.0. The normalized spacial score (nSPS) is 10.2. The molecule has 1 amide bonds. The summed E-state index contributed by atoms with van der Waals surface area (Å²) in [5, 5.41) is 11.3. The van der Waals surface area contributed by atoms with Crippen molar-refractivity contribution in [3.8, 4) is 11.5 Å². The van der Waals surface area contributed by atoms with Crippen molar-refractivity contribution in [2.24, 2.45) is 0 Å². The summed E-state index contributed by atoms with van der Waals surface area (Å²) in [5.74, 6) is 1.57. The molecule has 7 nitrogen and oxygen atoms in total. The van der Waals surface area contributed by atoms with Crippen LogP contribution < -0.4 is 19.7 Å². The molecule has 0 aliphatic rings. The molecule has 1 aromatic heterocycles. The highest BCUT2D eigenvalue weighted by Crippen LogP contribution is 2.30. The molecule has 3 aromatic rings. The number of nitrogens with zero attached hydrogens (tertiary/aromatic N) is 3. The predicted molar refractivity (Wildman–Crippen MR) is 109 cm³/mol. The molecule has 1 N–H and O–H groups in total. The minimum absolute atomic E-state index is 0.195. The maximum absolute atomic E-state index is 12.8. The first-order chi connectivity index (χ1) is 13.7. The molecule has 0 unspecified atom stereocenters. The van der Waals surface area contributed by atoms with Crippen LogP contribution in [0.25, 0.3) is 0 Å². The average molecular weight is 378 g/mol. The summed E-state index contributed by atoms with van der Waals surface area (Å²) in [5.41, 5.74) is 1.87. The molecule has 0 saturated heterocycles. The lowest BCUT2D eigenvalue weighted by molar-refractivity contribution is 0.0982. The molecular formula is C21H22N4O3. The summed E-state index contributed by atoms with van der Waals surface area (Å²) in [6.45, 7) is 2.46. The second-order valence-electron chi connectivity index (χ2n) is 5.88. The third kappa shape index (κ3) is 4.20. The van der Waals surface area contributed by atoms with Crippen molar-refractivity contribution >= 4 is 23.1 Å². The molecule has 28 heavy (non-hydrogen) atoms. The molecule has 0 atom stereocenters. The van der Waals surface area contributed by atoms with Crippen molar-refractivity contribution < 1.29 is 14.3 Å². The van der Waals surface area contributed by atoms with Crippen LogP contribution in [0, 0.1) is 0 Å². The van der Waals surface area contributed by atoms with E-state index < -0.39 is 0 Å². The van der Waals surface area contributed by atoms with Gasteiger partial charge >= 0.3 is 0 Å². The molecule has 0 bridgehead atoms. The van der Waals surface area contributed by atoms with E-state index in [-0.39, 0.29) is 11.6 Å². The van der Waals surface area contributed by atoms with Crippen LogP contribution in [0.4, 0.5) is 17.2 Å². The van der Waals surface area contributed by atoms with E-state index in [1.54, 1.807) is 43.4 Å². The Labute approximate surface area is 163 Å². The minimum Gasteiger partial charge on any atom is -0.493 e. The number of anilines is 3. The zero-order valence-corrected chi connectivity index (χ0v) is 16.0. The Kier molecular flexibility index (Phi) is 6.06. The largest absolute Gasteiger partial charge is 0.493 e. The highest BCUT2D eigenvalue weighted by Gasteiger charge is 2.17. The van der Waals surface area contributed by atoms with Gasteiger partial charge in [0.1, 0.15) is 0 Å². The van der Waals surface area contributed by atoms with Gasteiger partial charge in [-0.15, -0.1) is 10.2 Å². The van der Waals surface area contributed by atoms with Gasteiger partial charge in [0, 0.05) is 24.0 Å². The topological polar surface area (TPSA) is 76.6 Å². The Bertz CT molecular complexity index is 930. The van der Waals surface area contributed by atoms with Gasteiger partial charge in [-0.2, -0.15) is 0 Å². The maximum Gasteiger partial charge on any atom is 0.278 e. The second kappa shape index (κ2) is 8.85. The Morgan fingerprint density at radius 3 is 2.32 bits per heavy atom. The molecule has 0 saturated carbocycles. The van der Waals surface area contributed by atoms with Gasteiger partial charge in [0.15, 0.2) is 23.0 Å². The molecule has 0 aliphatic heterocycles. The van der Waals surface area contributed by atoms with E-state index >= 15 is 0 Å². The van der Waals surface area contributed by atoms with Crippen LogP contribution in [0.2, 0.25) is 0 Å². The summed E-state index contributed by atoms with van der Waals surface area (Å²) >= 11 is 0. The standard InChI is InChI=1S/C21H22N4O3/c1-4-25(16-8-6-5-7-9-16)21(26)17-11-13-20(24-23-17)22-15-10-12-18(27-2)19(14-15)28-3/h5-14H,4H2,1-3H3,(H,22,24). The summed E-state index contributed by atoms with van der Waals surface area (Å²) in [6, 6.07) is 18.3. The lowest BCUT2D eigenvalue weighted by Crippen LogP contribution is -2.31. The molecule has 144 valence electrons. The summed E-state index contributed by atoms with van der Waals surface area (Å²) < 4.78 is 10.5. The van der Waals surface area contributed by atoms with Crippen LogP contribution in [0.3, 0.4) is 0 Å². The number of ether oxygens (including phenoxy) is 2. The molecule has 0 spiro atoms. The smallest absolute Gasteiger partial charge is 0.278 e. The maximum atomic E-state index is 12.8. The quantitative estimate of drug-likeness (QED) is 0.672. The minimum atomic E-state index is -0.195. The van der Waals surface area contributed by atoms with Crippen LogP contribution in [-0.2, 0) is 0 Å². The van der Waals surface area contributed by atoms with Crippen molar-refractivity contribution in [2.75, 3.05) is 31.0 Å². The molecule has 2 aromatic carbocycles. The number of rotatable bonds is 7. The zero-order chi connectivity index (χ0) is 19.9. The summed E-state index contributed by atoms with van der Waals surface area (Å²) in [7, 11) is 3.16. The molecular weight excluding hydrogens is 356 g/mol. The summed E-state index contributed by atoms with van der Waals surface area (Å²) in [6.07, 6.45) is 0. The number of aromatic nitrogens is 2. The number of methoxy groups -OCH3 is 2. The van der Waals surface area contributed by atoms with Gasteiger partial charge in [0.25, 0.3) is 5.91 Å². The van der Waals surface area contributed by atoms with E-state index in [0.717, 1.165) is 11.4 Å². The van der Waals surface area contributed by atoms with Gasteiger partial charge in [-0.1, -0.05) is 18.2 Å². The number of carbonyl (C=O) groups excluding carboxylic acids is 1. The number of hydrogen-bond donors (Lipinski definition) is 1. The fourth-order valence-electron chi connectivity index (χ4n) is 2.76. The van der Waals surface area contributed by atoms with E-state index in [0.29, 0.717) is 23.9 Å². The lowest BCUT2D eigenvalue weighted by atomic mass is 10.2. The molecule has 7 heteroatoms. The van der Waals surface area contributed by atoms with Gasteiger partial charge < -0.3 is 19.7 Å². The highest BCUT2D eigenvalue weighted by molar-refractivity contribution is 6.04. The lowest BCUT2D eigenvalue weighted by Gasteiger charge is -2.20. The van der Waals surface area contributed by atoms with Gasteiger partial charge in [0.05, 0.1) is 14.2 Å². The van der Waals surface area contributed by atoms with E-state index in [2.05, 4.69) is 15.5 Å². The predicted octanol–water partition coefficient (Wildman–Crippen LogP) is 3.90. The number of benzene rings is 2. The Morgan fingerprint density at radius 1 is 0.964 bits per heavy atom. The van der Waals surface area contributed by atoms with Gasteiger partial charge in [-0.25, -0.2) is 0 Å². The third-order valence-corrected chi connectivity index (χ3v) is 4.17. The van der Waals surface area contributed by atoms with Crippen molar-refractivity contribution in [1.29, 1.82) is 0 Å². The van der Waals surface area contributed by atoms with E-state index in [1.807, 2.05) is 43.3 Å². The second-order valence-corrected chi connectivity index (χ2v) is 5.88. The molecule has 1 heterocycles. The molecule has 0 aliphatic carbocycles. The van der Waals surface area contributed by atoms with Gasteiger partial charge in [-0.05, 0) is 43.3 Å². The first-order valence-electron chi connectivity index (χ1n) is 8.86. The van der Waals surface area contributed by atoms with Crippen LogP contribution in [-0.4, -0.2) is 36.9 Å². The molecule has 0 fully saturated rings. The van der Waals surface area contributed by atoms with Crippen molar-refractivity contribution in [2.45, 2.75) is 6.92 Å². The van der Waals surface area contributed by atoms with Crippen LogP contribution in [0.1, 0.15) is 17.4 Å². The molecule has 3 rings (SSSR count). The number of hydrogen-bond acceptors (Lipinski definition) is 6. The van der Waals surface area contributed by atoms with E-state index in [1.165, 1.54) is 0 Å². The fraction of sp³-hybridized carbons (Fsp3) is 0.190. The van der Waals surface area contributed by atoms with Crippen LogP contribution in [0.15, 0.2) is 60.7 Å². The van der Waals surface area contributed by atoms with E-state index in [9.17, 15) is 4.79 Å². The number of carbonyl (C=O) groups is 1. The first kappa shape index (κ1) is 19.2. The van der Waals surface area contributed by atoms with Gasteiger partial charge in [0.2, 0.25) is 0 Å². The van der Waals surface area contributed by atoms with Crippen molar-refractivity contribution in [3.63, 3.8) is 0 Å². The molecule has 0 radical (unpaired) electrons. The van der Waals surface area contributed by atoms with Crippen molar-refractivity contribution in [1.82, 2.24) is 10.2 Å². The Morgan fingerprint density at radius 2 is 1.71 bits per heavy atom. The van der Waals surface area contributed by atoms with Crippen LogP contribution >= 0.6 is 0 Å². The fourth-order valence-corrected chi connectivity index (χ4v) is 2.76. The SMILES string of the molecule is CCN(C(=O)c1ccc(Nc2ccc(OC)c(OC)c2)nn1)c1ccccc1. The number of amides is 1. The van der Waals surface area contributed by atoms with Crippen LogP contribution in [0.5, 0.6) is 11.5 Å². The first-order valence-corrected chi connectivity index (χ1v) is 8.86. The highest BCUT2D eigenvalue weighted by atomic mass is 16.5.